The van der Waals surface area contributed by atoms with Crippen molar-refractivity contribution in [1.29, 1.82) is 0 Å². The Kier molecular flexibility index (Phi) is 4.82. The summed E-state index contributed by atoms with van der Waals surface area (Å²) in [6.45, 7) is 2.76. The van der Waals surface area contributed by atoms with Crippen LogP contribution in [0.5, 0.6) is 0 Å². The molecule has 0 unspecified atom stereocenters. The summed E-state index contributed by atoms with van der Waals surface area (Å²) in [5.41, 5.74) is 8.88. The van der Waals surface area contributed by atoms with Crippen LogP contribution in [0.1, 0.15) is 50.5 Å². The van der Waals surface area contributed by atoms with Crippen LogP contribution in [-0.2, 0) is 11.3 Å². The van der Waals surface area contributed by atoms with Crippen molar-refractivity contribution < 1.29 is 9.59 Å². The maximum Gasteiger partial charge on any atom is 0.325 e. The number of imide groups is 1. The van der Waals surface area contributed by atoms with Crippen LogP contribution in [0.25, 0.3) is 0 Å². The molecule has 1 aromatic carbocycles. The molecule has 4 aliphatic rings. The molecule has 3 N–H and O–H groups in total. The summed E-state index contributed by atoms with van der Waals surface area (Å²) in [4.78, 5) is 29.6. The summed E-state index contributed by atoms with van der Waals surface area (Å²) in [5, 5.41) is 3.75. The zero-order valence-corrected chi connectivity index (χ0v) is 17.4. The Morgan fingerprint density at radius 3 is 2.62 bits per heavy atom. The Bertz CT molecular complexity index is 831. The highest BCUT2D eigenvalue weighted by molar-refractivity contribution is 6.31. The number of halogens is 1. The molecule has 0 radical (unpaired) electrons. The van der Waals surface area contributed by atoms with Crippen molar-refractivity contribution in [3.63, 3.8) is 0 Å². The van der Waals surface area contributed by atoms with Crippen LogP contribution in [0.2, 0.25) is 5.02 Å². The van der Waals surface area contributed by atoms with Crippen LogP contribution in [0, 0.1) is 5.92 Å². The molecule has 29 heavy (non-hydrogen) atoms. The third-order valence-corrected chi connectivity index (χ3v) is 7.27. The normalized spacial score (nSPS) is 24.0. The topological polar surface area (TPSA) is 76.7 Å². The smallest absolute Gasteiger partial charge is 0.325 e. The number of hydrogen-bond acceptors (Lipinski definition) is 5. The number of urea groups is 1. The van der Waals surface area contributed by atoms with E-state index in [2.05, 4.69) is 21.1 Å². The van der Waals surface area contributed by atoms with E-state index in [0.717, 1.165) is 43.9 Å². The molecule has 8 heteroatoms. The molecular formula is C21H28ClN5O2. The Hall–Kier alpha value is -1.99. The average Bonchev–Trinajstić information content (AvgIpc) is 3.28. The summed E-state index contributed by atoms with van der Waals surface area (Å²) in [6.07, 6.45) is 7.19. The number of carbonyl (C=O) groups is 2. The van der Waals surface area contributed by atoms with E-state index in [0.29, 0.717) is 30.3 Å². The van der Waals surface area contributed by atoms with Crippen molar-refractivity contribution in [2.75, 3.05) is 30.0 Å². The molecule has 1 spiro atoms. The minimum Gasteiger partial charge on any atom is -0.371 e. The molecule has 2 saturated heterocycles. The van der Waals surface area contributed by atoms with Gasteiger partial charge in [0.25, 0.3) is 5.91 Å². The largest absolute Gasteiger partial charge is 0.371 e. The zero-order valence-electron chi connectivity index (χ0n) is 16.6. The molecule has 1 aromatic rings. The van der Waals surface area contributed by atoms with Crippen molar-refractivity contribution in [1.82, 2.24) is 15.6 Å². The van der Waals surface area contributed by atoms with Crippen LogP contribution in [0.15, 0.2) is 12.1 Å². The van der Waals surface area contributed by atoms with Crippen molar-refractivity contribution in [3.05, 3.63) is 22.7 Å². The molecule has 3 fully saturated rings. The standard InChI is InChI=1S/C21H28ClN5O2/c22-15-10-17-16(12-23-25-17)18(11-15)26-8-6-21(7-9-26)19(28)27(20(29)24-21)13-14-4-2-1-3-5-14/h10-11,14,23,25H,1-9,12-13H2,(H,24,29). The number of nitrogens with zero attached hydrogens (tertiary/aromatic N) is 2. The predicted molar refractivity (Wildman–Crippen MR) is 113 cm³/mol. The minimum absolute atomic E-state index is 0.0209. The number of benzene rings is 1. The lowest BCUT2D eigenvalue weighted by Crippen LogP contribution is -2.55. The molecule has 3 amide bonds. The Balaban J connectivity index is 1.29. The number of anilines is 2. The van der Waals surface area contributed by atoms with E-state index in [1.807, 2.05) is 12.1 Å². The highest BCUT2D eigenvalue weighted by Gasteiger charge is 2.52. The number of carbonyl (C=O) groups excluding carboxylic acids is 2. The maximum absolute atomic E-state index is 13.2. The van der Waals surface area contributed by atoms with Gasteiger partial charge in [-0.25, -0.2) is 10.2 Å². The first-order chi connectivity index (χ1) is 14.1. The van der Waals surface area contributed by atoms with E-state index in [9.17, 15) is 9.59 Å². The van der Waals surface area contributed by atoms with E-state index < -0.39 is 5.54 Å². The van der Waals surface area contributed by atoms with Gasteiger partial charge in [0.1, 0.15) is 5.54 Å². The number of hydrogen-bond donors (Lipinski definition) is 3. The van der Waals surface area contributed by atoms with Crippen LogP contribution in [-0.4, -0.2) is 42.0 Å². The summed E-state index contributed by atoms with van der Waals surface area (Å²) < 4.78 is 0. The minimum atomic E-state index is -0.736. The average molecular weight is 418 g/mol. The fourth-order valence-corrected chi connectivity index (χ4v) is 5.58. The van der Waals surface area contributed by atoms with Gasteiger partial charge >= 0.3 is 6.03 Å². The monoisotopic (exact) mass is 417 g/mol. The Morgan fingerprint density at radius 2 is 1.86 bits per heavy atom. The lowest BCUT2D eigenvalue weighted by Gasteiger charge is -2.39. The summed E-state index contributed by atoms with van der Waals surface area (Å²) in [7, 11) is 0. The SMILES string of the molecule is O=C1NC2(CCN(c3cc(Cl)cc4c3CNN4)CC2)C(=O)N1CC1CCCCC1. The van der Waals surface area contributed by atoms with Gasteiger partial charge in [-0.3, -0.25) is 9.69 Å². The molecule has 1 saturated carbocycles. The third kappa shape index (κ3) is 3.34. The molecule has 0 atom stereocenters. The van der Waals surface area contributed by atoms with Gasteiger partial charge in [-0.2, -0.15) is 0 Å². The molecule has 5 rings (SSSR count). The van der Waals surface area contributed by atoms with Crippen molar-refractivity contribution in [2.24, 2.45) is 5.92 Å². The van der Waals surface area contributed by atoms with E-state index in [1.54, 1.807) is 0 Å². The number of fused-ring (bicyclic) bond motifs is 1. The third-order valence-electron chi connectivity index (χ3n) is 7.05. The quantitative estimate of drug-likeness (QED) is 0.658. The van der Waals surface area contributed by atoms with Gasteiger partial charge in [0, 0.05) is 42.5 Å². The zero-order chi connectivity index (χ0) is 20.0. The van der Waals surface area contributed by atoms with E-state index in [-0.39, 0.29) is 11.9 Å². The predicted octanol–water partition coefficient (Wildman–Crippen LogP) is 3.24. The van der Waals surface area contributed by atoms with Crippen LogP contribution < -0.4 is 21.1 Å². The van der Waals surface area contributed by atoms with Gasteiger partial charge < -0.3 is 15.6 Å². The van der Waals surface area contributed by atoms with Crippen molar-refractivity contribution in [3.8, 4) is 0 Å². The summed E-state index contributed by atoms with van der Waals surface area (Å²) in [6, 6.07) is 3.72. The number of rotatable bonds is 3. The van der Waals surface area contributed by atoms with Gasteiger partial charge in [-0.15, -0.1) is 0 Å². The molecule has 156 valence electrons. The van der Waals surface area contributed by atoms with E-state index in [4.69, 9.17) is 11.6 Å². The number of hydrazine groups is 1. The first-order valence-corrected chi connectivity index (χ1v) is 11.1. The van der Waals surface area contributed by atoms with Crippen LogP contribution in [0.3, 0.4) is 0 Å². The van der Waals surface area contributed by atoms with Gasteiger partial charge in [0.15, 0.2) is 0 Å². The van der Waals surface area contributed by atoms with Crippen molar-refractivity contribution >= 4 is 34.9 Å². The fraction of sp³-hybridized carbons (Fsp3) is 0.619. The molecule has 3 aliphatic heterocycles. The number of amides is 3. The maximum atomic E-state index is 13.2. The second-order valence-electron chi connectivity index (χ2n) is 8.85. The molecule has 3 heterocycles. The van der Waals surface area contributed by atoms with Gasteiger partial charge in [-0.05, 0) is 43.7 Å². The van der Waals surface area contributed by atoms with Gasteiger partial charge in [0.2, 0.25) is 0 Å². The van der Waals surface area contributed by atoms with E-state index >= 15 is 0 Å². The Morgan fingerprint density at radius 1 is 1.10 bits per heavy atom. The number of piperidine rings is 1. The van der Waals surface area contributed by atoms with Gasteiger partial charge in [0.05, 0.1) is 5.69 Å². The lowest BCUT2D eigenvalue weighted by atomic mass is 9.86. The molecular weight excluding hydrogens is 390 g/mol. The summed E-state index contributed by atoms with van der Waals surface area (Å²) >= 11 is 6.31. The van der Waals surface area contributed by atoms with Crippen molar-refractivity contribution in [2.45, 2.75) is 57.0 Å². The first kappa shape index (κ1) is 19.0. The highest BCUT2D eigenvalue weighted by Crippen LogP contribution is 2.38. The van der Waals surface area contributed by atoms with Crippen LogP contribution in [0.4, 0.5) is 16.2 Å². The molecule has 1 aliphatic carbocycles. The van der Waals surface area contributed by atoms with Crippen LogP contribution >= 0.6 is 11.6 Å². The molecule has 0 bridgehead atoms. The molecule has 0 aromatic heterocycles. The lowest BCUT2D eigenvalue weighted by molar-refractivity contribution is -0.132. The fourth-order valence-electron chi connectivity index (χ4n) is 5.37. The second kappa shape index (κ2) is 7.36. The first-order valence-electron chi connectivity index (χ1n) is 10.8. The Labute approximate surface area is 176 Å². The van der Waals surface area contributed by atoms with Gasteiger partial charge in [-0.1, -0.05) is 30.9 Å². The number of nitrogens with one attached hydrogen (secondary N) is 3. The highest BCUT2D eigenvalue weighted by atomic mass is 35.5. The summed E-state index contributed by atoms with van der Waals surface area (Å²) in [5.74, 6) is 0.440. The molecule has 7 nitrogen and oxygen atoms in total. The second-order valence-corrected chi connectivity index (χ2v) is 9.29. The van der Waals surface area contributed by atoms with E-state index in [1.165, 1.54) is 29.7 Å².